The van der Waals surface area contributed by atoms with E-state index in [-0.39, 0.29) is 25.9 Å². The zero-order valence-electron chi connectivity index (χ0n) is 12.6. The SMILES string of the molecule is NC(=O)[C@@H]1C[C@@H](O)CN1CCC(=O)NC(=O)Nc1ccccc1. The Hall–Kier alpha value is -2.45. The lowest BCUT2D eigenvalue weighted by Crippen LogP contribution is -2.42. The maximum Gasteiger partial charge on any atom is 0.325 e. The molecule has 4 amide bonds. The number of aliphatic hydroxyl groups excluding tert-OH is 1. The molecule has 1 aromatic carbocycles. The Bertz CT molecular complexity index is 578. The van der Waals surface area contributed by atoms with Crippen LogP contribution in [0.15, 0.2) is 30.3 Å². The van der Waals surface area contributed by atoms with Crippen molar-refractivity contribution in [1.29, 1.82) is 0 Å². The van der Waals surface area contributed by atoms with Gasteiger partial charge in [0.2, 0.25) is 11.8 Å². The Morgan fingerprint density at radius 3 is 2.61 bits per heavy atom. The van der Waals surface area contributed by atoms with Gasteiger partial charge in [0.15, 0.2) is 0 Å². The highest BCUT2D eigenvalue weighted by Crippen LogP contribution is 2.17. The van der Waals surface area contributed by atoms with Gasteiger partial charge in [0.1, 0.15) is 0 Å². The summed E-state index contributed by atoms with van der Waals surface area (Å²) in [7, 11) is 0. The van der Waals surface area contributed by atoms with E-state index in [0.717, 1.165) is 0 Å². The Balaban J connectivity index is 1.76. The van der Waals surface area contributed by atoms with Crippen LogP contribution in [-0.4, -0.2) is 53.1 Å². The van der Waals surface area contributed by atoms with E-state index in [9.17, 15) is 19.5 Å². The monoisotopic (exact) mass is 320 g/mol. The fourth-order valence-electron chi connectivity index (χ4n) is 2.54. The first-order chi connectivity index (χ1) is 11.0. The zero-order valence-corrected chi connectivity index (χ0v) is 12.6. The lowest BCUT2D eigenvalue weighted by molar-refractivity contribution is -0.124. The third-order valence-electron chi connectivity index (χ3n) is 3.62. The fourth-order valence-corrected chi connectivity index (χ4v) is 2.54. The molecule has 0 bridgehead atoms. The van der Waals surface area contributed by atoms with Gasteiger partial charge in [-0.25, -0.2) is 4.79 Å². The van der Waals surface area contributed by atoms with E-state index >= 15 is 0 Å². The molecule has 0 radical (unpaired) electrons. The first kappa shape index (κ1) is 16.9. The second-order valence-corrected chi connectivity index (χ2v) is 5.42. The smallest absolute Gasteiger partial charge is 0.325 e. The maximum absolute atomic E-state index is 11.8. The largest absolute Gasteiger partial charge is 0.392 e. The van der Waals surface area contributed by atoms with Crippen LogP contribution in [0.3, 0.4) is 0 Å². The number of benzene rings is 1. The molecule has 5 N–H and O–H groups in total. The van der Waals surface area contributed by atoms with Gasteiger partial charge in [-0.15, -0.1) is 0 Å². The van der Waals surface area contributed by atoms with E-state index in [1.165, 1.54) is 0 Å². The number of imide groups is 1. The summed E-state index contributed by atoms with van der Waals surface area (Å²) in [5.74, 6) is -0.994. The van der Waals surface area contributed by atoms with Crippen molar-refractivity contribution in [2.45, 2.75) is 25.0 Å². The van der Waals surface area contributed by atoms with Crippen molar-refractivity contribution in [3.05, 3.63) is 30.3 Å². The number of carbonyl (C=O) groups is 3. The molecule has 23 heavy (non-hydrogen) atoms. The number of primary amides is 1. The van der Waals surface area contributed by atoms with Gasteiger partial charge in [-0.05, 0) is 18.6 Å². The molecule has 2 atom stereocenters. The van der Waals surface area contributed by atoms with Crippen molar-refractivity contribution in [2.24, 2.45) is 5.73 Å². The van der Waals surface area contributed by atoms with Crippen LogP contribution in [0.25, 0.3) is 0 Å². The van der Waals surface area contributed by atoms with Crippen molar-refractivity contribution >= 4 is 23.5 Å². The third kappa shape index (κ3) is 5.04. The number of nitrogens with two attached hydrogens (primary N) is 1. The zero-order chi connectivity index (χ0) is 16.8. The van der Waals surface area contributed by atoms with Crippen LogP contribution in [0.1, 0.15) is 12.8 Å². The molecule has 124 valence electrons. The standard InChI is InChI=1S/C15H20N4O4/c16-14(22)12-8-11(20)9-19(12)7-6-13(21)18-15(23)17-10-4-2-1-3-5-10/h1-5,11-12,20H,6-9H2,(H2,16,22)(H2,17,18,21,23)/t11-,12+/m1/s1. The summed E-state index contributed by atoms with van der Waals surface area (Å²) in [6.45, 7) is 0.534. The number of hydrogen-bond acceptors (Lipinski definition) is 5. The first-order valence-electron chi connectivity index (χ1n) is 7.33. The molecule has 0 aliphatic carbocycles. The number of aliphatic hydroxyl groups is 1. The number of hydrogen-bond donors (Lipinski definition) is 4. The summed E-state index contributed by atoms with van der Waals surface area (Å²) in [6, 6.07) is 7.55. The fraction of sp³-hybridized carbons (Fsp3) is 0.400. The summed E-state index contributed by atoms with van der Waals surface area (Å²) >= 11 is 0. The van der Waals surface area contributed by atoms with E-state index in [2.05, 4.69) is 10.6 Å². The van der Waals surface area contributed by atoms with Gasteiger partial charge < -0.3 is 16.2 Å². The molecule has 8 heteroatoms. The van der Waals surface area contributed by atoms with Crippen LogP contribution in [0.4, 0.5) is 10.5 Å². The molecule has 1 saturated heterocycles. The first-order valence-corrected chi connectivity index (χ1v) is 7.33. The lowest BCUT2D eigenvalue weighted by atomic mass is 10.2. The number of urea groups is 1. The number of amides is 4. The van der Waals surface area contributed by atoms with Crippen LogP contribution in [0, 0.1) is 0 Å². The molecule has 1 aromatic rings. The summed E-state index contributed by atoms with van der Waals surface area (Å²) in [5, 5.41) is 14.3. The minimum atomic E-state index is -0.628. The number of anilines is 1. The molecule has 8 nitrogen and oxygen atoms in total. The van der Waals surface area contributed by atoms with Crippen molar-refractivity contribution < 1.29 is 19.5 Å². The molecule has 0 spiro atoms. The lowest BCUT2D eigenvalue weighted by Gasteiger charge is -2.20. The van der Waals surface area contributed by atoms with Crippen LogP contribution in [-0.2, 0) is 9.59 Å². The highest BCUT2D eigenvalue weighted by molar-refractivity contribution is 6.01. The van der Waals surface area contributed by atoms with Crippen molar-refractivity contribution in [1.82, 2.24) is 10.2 Å². The summed E-state index contributed by atoms with van der Waals surface area (Å²) in [5.41, 5.74) is 5.85. The third-order valence-corrected chi connectivity index (χ3v) is 3.62. The number of nitrogens with zero attached hydrogens (tertiary/aromatic N) is 1. The predicted molar refractivity (Wildman–Crippen MR) is 83.4 cm³/mol. The molecule has 0 aromatic heterocycles. The quantitative estimate of drug-likeness (QED) is 0.590. The predicted octanol–water partition coefficient (Wildman–Crippen LogP) is -0.355. The van der Waals surface area contributed by atoms with Crippen LogP contribution in [0.5, 0.6) is 0 Å². The van der Waals surface area contributed by atoms with E-state index in [4.69, 9.17) is 5.73 Å². The summed E-state index contributed by atoms with van der Waals surface area (Å²) < 4.78 is 0. The molecular weight excluding hydrogens is 300 g/mol. The van der Waals surface area contributed by atoms with Gasteiger partial charge in [-0.1, -0.05) is 18.2 Å². The Labute approximate surface area is 133 Å². The van der Waals surface area contributed by atoms with E-state index in [0.29, 0.717) is 5.69 Å². The summed E-state index contributed by atoms with van der Waals surface area (Å²) in [4.78, 5) is 36.4. The minimum Gasteiger partial charge on any atom is -0.392 e. The molecule has 1 aliphatic heterocycles. The summed E-state index contributed by atoms with van der Waals surface area (Å²) in [6.07, 6.45) is -0.332. The van der Waals surface area contributed by atoms with Crippen molar-refractivity contribution in [2.75, 3.05) is 18.4 Å². The number of likely N-dealkylation sites (tertiary alicyclic amines) is 1. The van der Waals surface area contributed by atoms with Gasteiger partial charge in [0, 0.05) is 25.2 Å². The maximum atomic E-state index is 11.8. The van der Waals surface area contributed by atoms with Crippen molar-refractivity contribution in [3.63, 3.8) is 0 Å². The van der Waals surface area contributed by atoms with Gasteiger partial charge >= 0.3 is 6.03 Å². The van der Waals surface area contributed by atoms with Gasteiger partial charge in [0.25, 0.3) is 0 Å². The van der Waals surface area contributed by atoms with Crippen molar-refractivity contribution in [3.8, 4) is 0 Å². The molecule has 1 heterocycles. The average molecular weight is 320 g/mol. The number of rotatable bonds is 5. The molecule has 0 unspecified atom stereocenters. The number of nitrogens with one attached hydrogen (secondary N) is 2. The van der Waals surface area contributed by atoms with Crippen LogP contribution in [0.2, 0.25) is 0 Å². The number of carbonyl (C=O) groups excluding carboxylic acids is 3. The highest BCUT2D eigenvalue weighted by Gasteiger charge is 2.34. The number of para-hydroxylation sites is 1. The Morgan fingerprint density at radius 2 is 1.96 bits per heavy atom. The Morgan fingerprint density at radius 1 is 1.26 bits per heavy atom. The average Bonchev–Trinajstić information content (AvgIpc) is 2.87. The second kappa shape index (κ2) is 7.70. The van der Waals surface area contributed by atoms with Crippen LogP contribution < -0.4 is 16.4 Å². The minimum absolute atomic E-state index is 0.0265. The van der Waals surface area contributed by atoms with Gasteiger partial charge in [0.05, 0.1) is 12.1 Å². The number of β-amino-alcohol motifs (C(OH)–C–C–N with tert-alkyl or cyclic N) is 1. The van der Waals surface area contributed by atoms with E-state index in [1.807, 2.05) is 6.07 Å². The van der Waals surface area contributed by atoms with E-state index in [1.54, 1.807) is 29.2 Å². The van der Waals surface area contributed by atoms with Gasteiger partial charge in [-0.3, -0.25) is 19.8 Å². The Kier molecular flexibility index (Phi) is 5.67. The molecule has 1 aliphatic rings. The normalized spacial score (nSPS) is 20.9. The molecular formula is C15H20N4O4. The second-order valence-electron chi connectivity index (χ2n) is 5.42. The van der Waals surface area contributed by atoms with Crippen LogP contribution >= 0.6 is 0 Å². The molecule has 2 rings (SSSR count). The molecule has 1 fully saturated rings. The van der Waals surface area contributed by atoms with E-state index < -0.39 is 30.0 Å². The topological polar surface area (TPSA) is 125 Å². The molecule has 0 saturated carbocycles. The van der Waals surface area contributed by atoms with Gasteiger partial charge in [-0.2, -0.15) is 0 Å². The highest BCUT2D eigenvalue weighted by atomic mass is 16.3.